The molecule has 1 aliphatic carbocycles. The van der Waals surface area contributed by atoms with Gasteiger partial charge in [-0.15, -0.1) is 0 Å². The Morgan fingerprint density at radius 3 is 2.73 bits per heavy atom. The van der Waals surface area contributed by atoms with Crippen LogP contribution in [0.2, 0.25) is 0 Å². The summed E-state index contributed by atoms with van der Waals surface area (Å²) in [6.45, 7) is 2.29. The molecule has 2 aliphatic heterocycles. The van der Waals surface area contributed by atoms with Gasteiger partial charge in [-0.2, -0.15) is 0 Å². The summed E-state index contributed by atoms with van der Waals surface area (Å²) < 4.78 is 7.43. The average Bonchev–Trinajstić information content (AvgIpc) is 2.92. The van der Waals surface area contributed by atoms with Crippen LogP contribution in [0.4, 0.5) is 0 Å². The lowest BCUT2D eigenvalue weighted by molar-refractivity contribution is -0.239. The monoisotopic (exact) mass is 365 g/mol. The molecule has 2 spiro atoms. The smallest absolute Gasteiger partial charge is 0.257 e. The molecule has 6 heteroatoms. The fourth-order valence-corrected chi connectivity index (χ4v) is 4.20. The molecular formula is C16H20BrN3O2. The molecule has 1 saturated carbocycles. The fraction of sp³-hybridized carbons (Fsp3) is 0.562. The number of ether oxygens (including phenoxy) is 1. The van der Waals surface area contributed by atoms with Crippen LogP contribution < -0.4 is 10.5 Å². The predicted molar refractivity (Wildman–Crippen MR) is 87.3 cm³/mol. The van der Waals surface area contributed by atoms with Gasteiger partial charge in [-0.3, -0.25) is 0 Å². The second-order valence-corrected chi connectivity index (χ2v) is 7.54. The molecule has 0 amide bonds. The van der Waals surface area contributed by atoms with E-state index >= 15 is 0 Å². The van der Waals surface area contributed by atoms with Crippen LogP contribution in [0.1, 0.15) is 38.2 Å². The number of rotatable bonds is 0. The Kier molecular flexibility index (Phi) is 3.01. The van der Waals surface area contributed by atoms with E-state index in [0.717, 1.165) is 41.5 Å². The van der Waals surface area contributed by atoms with Crippen molar-refractivity contribution in [3.8, 4) is 5.75 Å². The highest BCUT2D eigenvalue weighted by Gasteiger charge is 2.65. The van der Waals surface area contributed by atoms with Gasteiger partial charge in [-0.05, 0) is 49.8 Å². The zero-order valence-corrected chi connectivity index (χ0v) is 14.4. The topological polar surface area (TPSA) is 60.1 Å². The Balaban J connectivity index is 1.88. The summed E-state index contributed by atoms with van der Waals surface area (Å²) in [6.07, 6.45) is 4.06. The molecule has 22 heavy (non-hydrogen) atoms. The molecular weight excluding hydrogens is 346 g/mol. The zero-order valence-electron chi connectivity index (χ0n) is 12.8. The Hall–Kier alpha value is -1.27. The van der Waals surface area contributed by atoms with Crippen LogP contribution in [0.3, 0.4) is 0 Å². The number of hydrogen-bond acceptors (Lipinski definition) is 5. The fourth-order valence-electron chi connectivity index (χ4n) is 3.84. The van der Waals surface area contributed by atoms with Crippen LogP contribution >= 0.6 is 15.9 Å². The second-order valence-electron chi connectivity index (χ2n) is 6.62. The summed E-state index contributed by atoms with van der Waals surface area (Å²) in [4.78, 5) is 10.9. The molecule has 0 aromatic heterocycles. The molecule has 1 unspecified atom stereocenters. The zero-order chi connectivity index (χ0) is 15.5. The number of fused-ring (bicyclic) bond motifs is 3. The number of aliphatic imine (C=N–C) groups is 1. The number of benzene rings is 1. The van der Waals surface area contributed by atoms with E-state index in [1.54, 1.807) is 12.1 Å². The number of hydrogen-bond donors (Lipinski definition) is 1. The van der Waals surface area contributed by atoms with Crippen LogP contribution in [0.15, 0.2) is 27.7 Å². The third-order valence-electron chi connectivity index (χ3n) is 5.18. The summed E-state index contributed by atoms with van der Waals surface area (Å²) in [5.74, 6) is 1.96. The van der Waals surface area contributed by atoms with Crippen molar-refractivity contribution >= 4 is 21.9 Å². The number of halogens is 1. The summed E-state index contributed by atoms with van der Waals surface area (Å²) in [5, 5.41) is 1.55. The van der Waals surface area contributed by atoms with E-state index in [1.165, 1.54) is 0 Å². The van der Waals surface area contributed by atoms with E-state index in [4.69, 9.17) is 20.3 Å². The molecule has 1 aromatic rings. The molecule has 0 radical (unpaired) electrons. The Morgan fingerprint density at radius 1 is 1.36 bits per heavy atom. The van der Waals surface area contributed by atoms with Crippen molar-refractivity contribution in [2.75, 3.05) is 7.05 Å². The normalized spacial score (nSPS) is 36.6. The van der Waals surface area contributed by atoms with Gasteiger partial charge in [0.25, 0.3) is 5.72 Å². The Bertz CT molecular complexity index is 655. The molecule has 0 saturated heterocycles. The van der Waals surface area contributed by atoms with E-state index in [0.29, 0.717) is 11.9 Å². The lowest BCUT2D eigenvalue weighted by atomic mass is 9.73. The van der Waals surface area contributed by atoms with E-state index in [9.17, 15) is 0 Å². The third-order valence-corrected chi connectivity index (χ3v) is 5.67. The van der Waals surface area contributed by atoms with Crippen molar-refractivity contribution in [3.05, 3.63) is 28.2 Å². The van der Waals surface area contributed by atoms with Crippen LogP contribution in [-0.2, 0) is 10.6 Å². The molecule has 5 nitrogen and oxygen atoms in total. The first kappa shape index (κ1) is 14.3. The number of nitrogens with zero attached hydrogens (tertiary/aromatic N) is 2. The summed E-state index contributed by atoms with van der Waals surface area (Å²) in [7, 11) is 1.79. The molecule has 118 valence electrons. The highest BCUT2D eigenvalue weighted by atomic mass is 79.9. The van der Waals surface area contributed by atoms with Gasteiger partial charge in [-0.1, -0.05) is 22.9 Å². The average molecular weight is 366 g/mol. The number of nitrogens with two attached hydrogens (primary N) is 1. The van der Waals surface area contributed by atoms with Crippen LogP contribution in [0.25, 0.3) is 0 Å². The van der Waals surface area contributed by atoms with Gasteiger partial charge in [0.2, 0.25) is 5.96 Å². The number of guanidine groups is 1. The maximum absolute atomic E-state index is 6.44. The third kappa shape index (κ3) is 1.77. The summed E-state index contributed by atoms with van der Waals surface area (Å²) in [5.41, 5.74) is 5.67. The van der Waals surface area contributed by atoms with Crippen molar-refractivity contribution < 1.29 is 9.57 Å². The van der Waals surface area contributed by atoms with Crippen molar-refractivity contribution in [1.29, 1.82) is 0 Å². The van der Waals surface area contributed by atoms with Crippen molar-refractivity contribution in [3.63, 3.8) is 0 Å². The summed E-state index contributed by atoms with van der Waals surface area (Å²) in [6, 6.07) is 6.02. The van der Waals surface area contributed by atoms with Crippen LogP contribution in [0, 0.1) is 5.92 Å². The van der Waals surface area contributed by atoms with Gasteiger partial charge in [0.1, 0.15) is 5.75 Å². The molecule has 3 aliphatic rings. The molecule has 0 bridgehead atoms. The van der Waals surface area contributed by atoms with Crippen molar-refractivity contribution in [1.82, 2.24) is 5.06 Å². The highest BCUT2D eigenvalue weighted by molar-refractivity contribution is 9.10. The minimum atomic E-state index is -0.856. The largest absolute Gasteiger partial charge is 0.481 e. The molecule has 1 atom stereocenters. The quantitative estimate of drug-likeness (QED) is 0.767. The van der Waals surface area contributed by atoms with E-state index in [1.807, 2.05) is 18.2 Å². The van der Waals surface area contributed by atoms with Gasteiger partial charge in [0, 0.05) is 11.5 Å². The van der Waals surface area contributed by atoms with Gasteiger partial charge >= 0.3 is 0 Å². The van der Waals surface area contributed by atoms with Gasteiger partial charge in [0.05, 0.1) is 5.56 Å². The number of hydroxylamine groups is 2. The molecule has 2 heterocycles. The molecule has 1 fully saturated rings. The lowest BCUT2D eigenvalue weighted by Crippen LogP contribution is -2.53. The molecule has 2 N–H and O–H groups in total. The first-order chi connectivity index (χ1) is 10.5. The predicted octanol–water partition coefficient (Wildman–Crippen LogP) is 3.13. The van der Waals surface area contributed by atoms with Gasteiger partial charge in [0.15, 0.2) is 5.60 Å². The van der Waals surface area contributed by atoms with Gasteiger partial charge < -0.3 is 10.5 Å². The molecule has 4 rings (SSSR count). The van der Waals surface area contributed by atoms with Crippen LogP contribution in [-0.4, -0.2) is 23.7 Å². The molecule has 1 aromatic carbocycles. The van der Waals surface area contributed by atoms with E-state index in [-0.39, 0.29) is 0 Å². The SMILES string of the molecule is CC1CCC2(CC1)Oc1ccc(Br)cc1C21N=C(N)N(C)O1. The van der Waals surface area contributed by atoms with Crippen molar-refractivity contribution in [2.24, 2.45) is 16.6 Å². The first-order valence-corrected chi connectivity index (χ1v) is 8.52. The summed E-state index contributed by atoms with van der Waals surface area (Å²) >= 11 is 3.54. The minimum Gasteiger partial charge on any atom is -0.481 e. The maximum Gasteiger partial charge on any atom is 0.257 e. The minimum absolute atomic E-state index is 0.398. The first-order valence-electron chi connectivity index (χ1n) is 7.73. The maximum atomic E-state index is 6.44. The second kappa shape index (κ2) is 4.61. The van der Waals surface area contributed by atoms with Crippen LogP contribution in [0.5, 0.6) is 5.75 Å². The van der Waals surface area contributed by atoms with E-state index < -0.39 is 11.3 Å². The highest BCUT2D eigenvalue weighted by Crippen LogP contribution is 2.59. The Labute approximate surface area is 138 Å². The Morgan fingerprint density at radius 2 is 2.09 bits per heavy atom. The van der Waals surface area contributed by atoms with Gasteiger partial charge in [-0.25, -0.2) is 14.9 Å². The van der Waals surface area contributed by atoms with Crippen molar-refractivity contribution in [2.45, 2.75) is 43.9 Å². The lowest BCUT2D eigenvalue weighted by Gasteiger charge is -2.42. The van der Waals surface area contributed by atoms with E-state index in [2.05, 4.69) is 22.9 Å². The standard InChI is InChI=1S/C16H20BrN3O2/c1-10-5-7-15(8-6-10)16(19-14(18)20(2)22-16)12-9-11(17)3-4-13(12)21-15/h3-4,9-10H,5-8H2,1-2H3,(H2,18,19).